The molecule has 0 aromatic heterocycles. The second-order valence-electron chi connectivity index (χ2n) is 11.8. The second-order valence-corrected chi connectivity index (χ2v) is 11.8. The van der Waals surface area contributed by atoms with Gasteiger partial charge in [0, 0.05) is 59.6 Å². The Labute approximate surface area is 258 Å². The molecule has 220 valence electrons. The van der Waals surface area contributed by atoms with E-state index < -0.39 is 0 Å². The Bertz CT molecular complexity index is 1620. The highest BCUT2D eigenvalue weighted by Gasteiger charge is 2.30. The third-order valence-corrected chi connectivity index (χ3v) is 8.83. The van der Waals surface area contributed by atoms with E-state index >= 15 is 0 Å². The third kappa shape index (κ3) is 5.60. The number of rotatable bonds is 4. The Kier molecular flexibility index (Phi) is 7.89. The normalized spacial score (nSPS) is 17.4. The van der Waals surface area contributed by atoms with E-state index in [2.05, 4.69) is 34.1 Å². The van der Waals surface area contributed by atoms with E-state index in [1.807, 2.05) is 48.5 Å². The van der Waals surface area contributed by atoms with Gasteiger partial charge >= 0.3 is 0 Å². The second kappa shape index (κ2) is 12.4. The molecule has 4 aromatic rings. The lowest BCUT2D eigenvalue weighted by atomic mass is 9.83. The molecule has 0 amide bonds. The van der Waals surface area contributed by atoms with Crippen molar-refractivity contribution in [2.24, 2.45) is 9.98 Å². The zero-order valence-corrected chi connectivity index (χ0v) is 24.9. The van der Waals surface area contributed by atoms with E-state index in [-0.39, 0.29) is 11.6 Å². The minimum absolute atomic E-state index is 0.152. The van der Waals surface area contributed by atoms with Crippen LogP contribution >= 0.6 is 0 Å². The summed E-state index contributed by atoms with van der Waals surface area (Å²) in [7, 11) is 0. The summed E-state index contributed by atoms with van der Waals surface area (Å²) in [6.07, 6.45) is 7.00. The number of amidine groups is 2. The van der Waals surface area contributed by atoms with Crippen molar-refractivity contribution in [3.05, 3.63) is 130 Å². The number of hydrogen-bond donors (Lipinski definition) is 0. The van der Waals surface area contributed by atoms with Crippen LogP contribution in [0.2, 0.25) is 0 Å². The first-order valence-electron chi connectivity index (χ1n) is 15.8. The van der Waals surface area contributed by atoms with E-state index in [0.717, 1.165) is 74.7 Å². The van der Waals surface area contributed by atoms with Crippen LogP contribution in [0.4, 0.5) is 11.4 Å². The first-order valence-corrected chi connectivity index (χ1v) is 15.8. The van der Waals surface area contributed by atoms with Gasteiger partial charge in [-0.3, -0.25) is 9.59 Å². The van der Waals surface area contributed by atoms with E-state index in [1.54, 1.807) is 24.3 Å². The van der Waals surface area contributed by atoms with Crippen molar-refractivity contribution >= 4 is 34.6 Å². The molecule has 3 aliphatic rings. The quantitative estimate of drug-likeness (QED) is 0.162. The Morgan fingerprint density at radius 2 is 0.841 bits per heavy atom. The molecule has 2 aliphatic heterocycles. The Morgan fingerprint density at radius 1 is 0.455 bits per heavy atom. The molecule has 0 bridgehead atoms. The summed E-state index contributed by atoms with van der Waals surface area (Å²) in [6, 6.07) is 31.2. The molecular weight excluding hydrogens is 544 g/mol. The Balaban J connectivity index is 1.23. The minimum atomic E-state index is -0.152. The molecule has 2 heterocycles. The SMILES string of the molecule is O=C1c2ccc(/N=C(/c3ccccc3)N3CCCCC3)cc2C(=O)c2ccc(/N=C(/c3ccccc3)N3CCCCC3)cc21. The number of fused-ring (bicyclic) bond motifs is 2. The number of carbonyl (C=O) groups is 2. The van der Waals surface area contributed by atoms with Gasteiger partial charge in [0.15, 0.2) is 11.6 Å². The van der Waals surface area contributed by atoms with Gasteiger partial charge in [0.05, 0.1) is 11.4 Å². The fourth-order valence-corrected chi connectivity index (χ4v) is 6.53. The van der Waals surface area contributed by atoms with Gasteiger partial charge in [0.1, 0.15) is 11.7 Å². The number of likely N-dealkylation sites (tertiary alicyclic amines) is 2. The standard InChI is InChI=1S/C38H36N4O2/c43-35-32-20-18-30(40-38(28-15-7-2-8-16-28)42-23-11-4-12-24-42)26-34(32)36(44)31-19-17-29(25-33(31)35)39-37(27-13-5-1-6-14-27)41-21-9-3-10-22-41/h1-2,5-8,13-20,25-26H,3-4,9-12,21-24H2/b39-37-,40-38-. The van der Waals surface area contributed by atoms with E-state index in [4.69, 9.17) is 9.98 Å². The molecule has 0 atom stereocenters. The summed E-state index contributed by atoms with van der Waals surface area (Å²) in [4.78, 5) is 42.4. The number of aliphatic imine (C=N–C) groups is 2. The van der Waals surface area contributed by atoms with Crippen LogP contribution in [0.1, 0.15) is 81.5 Å². The maximum absolute atomic E-state index is 13.8. The molecular formula is C38H36N4O2. The average Bonchev–Trinajstić information content (AvgIpc) is 3.10. The molecule has 44 heavy (non-hydrogen) atoms. The minimum Gasteiger partial charge on any atom is -0.356 e. The van der Waals surface area contributed by atoms with Gasteiger partial charge in [-0.2, -0.15) is 0 Å². The zero-order valence-electron chi connectivity index (χ0n) is 24.9. The number of hydrogen-bond acceptors (Lipinski definition) is 4. The molecule has 7 rings (SSSR count). The van der Waals surface area contributed by atoms with Gasteiger partial charge in [-0.05, 0) is 74.9 Å². The van der Waals surface area contributed by atoms with Gasteiger partial charge in [-0.1, -0.05) is 60.7 Å². The molecule has 0 radical (unpaired) electrons. The van der Waals surface area contributed by atoms with Crippen LogP contribution in [0.15, 0.2) is 107 Å². The highest BCUT2D eigenvalue weighted by molar-refractivity contribution is 6.29. The number of piperidine rings is 2. The lowest BCUT2D eigenvalue weighted by Gasteiger charge is -2.30. The highest BCUT2D eigenvalue weighted by Crippen LogP contribution is 2.33. The van der Waals surface area contributed by atoms with E-state index in [9.17, 15) is 9.59 Å². The van der Waals surface area contributed by atoms with E-state index in [1.165, 1.54) is 12.8 Å². The lowest BCUT2D eigenvalue weighted by Crippen LogP contribution is -2.36. The molecule has 0 spiro atoms. The maximum atomic E-state index is 13.8. The first-order chi connectivity index (χ1) is 21.7. The summed E-state index contributed by atoms with van der Waals surface area (Å²) >= 11 is 0. The van der Waals surface area contributed by atoms with Crippen LogP contribution in [0, 0.1) is 0 Å². The monoisotopic (exact) mass is 580 g/mol. The topological polar surface area (TPSA) is 65.3 Å². The summed E-state index contributed by atoms with van der Waals surface area (Å²) in [5.74, 6) is 1.51. The molecule has 2 saturated heterocycles. The van der Waals surface area contributed by atoms with Gasteiger partial charge in [0.25, 0.3) is 0 Å². The Hall–Kier alpha value is -4.84. The van der Waals surface area contributed by atoms with Crippen LogP contribution in [0.5, 0.6) is 0 Å². The van der Waals surface area contributed by atoms with Crippen molar-refractivity contribution in [3.8, 4) is 0 Å². The van der Waals surface area contributed by atoms with Crippen molar-refractivity contribution in [1.82, 2.24) is 9.80 Å². The predicted molar refractivity (Wildman–Crippen MR) is 176 cm³/mol. The number of nitrogens with zero attached hydrogens (tertiary/aromatic N) is 4. The molecule has 0 N–H and O–H groups in total. The summed E-state index contributed by atoms with van der Waals surface area (Å²) < 4.78 is 0. The zero-order chi connectivity index (χ0) is 29.9. The van der Waals surface area contributed by atoms with Crippen LogP contribution in [-0.4, -0.2) is 59.2 Å². The molecule has 1 aliphatic carbocycles. The van der Waals surface area contributed by atoms with Gasteiger partial charge < -0.3 is 9.80 Å². The molecule has 6 nitrogen and oxygen atoms in total. The average molecular weight is 581 g/mol. The van der Waals surface area contributed by atoms with Crippen molar-refractivity contribution in [1.29, 1.82) is 0 Å². The molecule has 0 saturated carbocycles. The first kappa shape index (κ1) is 28.0. The largest absolute Gasteiger partial charge is 0.356 e. The van der Waals surface area contributed by atoms with Crippen molar-refractivity contribution in [2.75, 3.05) is 26.2 Å². The van der Waals surface area contributed by atoms with Crippen molar-refractivity contribution in [3.63, 3.8) is 0 Å². The number of ketones is 2. The molecule has 2 fully saturated rings. The van der Waals surface area contributed by atoms with Crippen LogP contribution < -0.4 is 0 Å². The fourth-order valence-electron chi connectivity index (χ4n) is 6.53. The lowest BCUT2D eigenvalue weighted by molar-refractivity contribution is 0.0979. The van der Waals surface area contributed by atoms with Crippen molar-refractivity contribution in [2.45, 2.75) is 38.5 Å². The number of carbonyl (C=O) groups excluding carboxylic acids is 2. The molecule has 6 heteroatoms. The van der Waals surface area contributed by atoms with Gasteiger partial charge in [-0.15, -0.1) is 0 Å². The van der Waals surface area contributed by atoms with Gasteiger partial charge in [-0.25, -0.2) is 9.98 Å². The molecule has 0 unspecified atom stereocenters. The highest BCUT2D eigenvalue weighted by atomic mass is 16.1. The summed E-state index contributed by atoms with van der Waals surface area (Å²) in [5.41, 5.74) is 5.09. The Morgan fingerprint density at radius 3 is 1.23 bits per heavy atom. The maximum Gasteiger partial charge on any atom is 0.194 e. The van der Waals surface area contributed by atoms with Gasteiger partial charge in [0.2, 0.25) is 0 Å². The van der Waals surface area contributed by atoms with Crippen LogP contribution in [-0.2, 0) is 0 Å². The summed E-state index contributed by atoms with van der Waals surface area (Å²) in [6.45, 7) is 3.83. The van der Waals surface area contributed by atoms with Crippen LogP contribution in [0.3, 0.4) is 0 Å². The van der Waals surface area contributed by atoms with E-state index in [0.29, 0.717) is 33.6 Å². The fraction of sp³-hybridized carbons (Fsp3) is 0.263. The summed E-state index contributed by atoms with van der Waals surface area (Å²) in [5, 5.41) is 0. The molecule has 4 aromatic carbocycles. The smallest absolute Gasteiger partial charge is 0.194 e. The van der Waals surface area contributed by atoms with Crippen molar-refractivity contribution < 1.29 is 9.59 Å². The van der Waals surface area contributed by atoms with Crippen LogP contribution in [0.25, 0.3) is 0 Å². The predicted octanol–water partition coefficient (Wildman–Crippen LogP) is 7.59. The third-order valence-electron chi connectivity index (χ3n) is 8.83. The number of benzene rings is 4.